The number of nitrogens with zero attached hydrogens (tertiary/aromatic N) is 3. The van der Waals surface area contributed by atoms with E-state index in [0.717, 1.165) is 5.56 Å². The molecule has 2 aromatic carbocycles. The Morgan fingerprint density at radius 2 is 1.48 bits per heavy atom. The fraction of sp³-hybridized carbons (Fsp3) is 0.263. The zero-order valence-electron chi connectivity index (χ0n) is 15.0. The first-order chi connectivity index (χ1) is 12.8. The lowest BCUT2D eigenvalue weighted by Gasteiger charge is -2.28. The van der Waals surface area contributed by atoms with Crippen molar-refractivity contribution in [2.75, 3.05) is 6.54 Å². The normalized spacial score (nSPS) is 15.0. The van der Waals surface area contributed by atoms with Crippen molar-refractivity contribution in [3.63, 3.8) is 0 Å². The van der Waals surface area contributed by atoms with Crippen molar-refractivity contribution in [3.05, 3.63) is 74.3 Å². The molecule has 0 spiro atoms. The van der Waals surface area contributed by atoms with Gasteiger partial charge in [-0.15, -0.1) is 0 Å². The Bertz CT molecular complexity index is 1290. The molecule has 1 aliphatic rings. The minimum atomic E-state index is -3.72. The van der Waals surface area contributed by atoms with Crippen molar-refractivity contribution < 1.29 is 8.42 Å². The van der Waals surface area contributed by atoms with Crippen LogP contribution in [0.5, 0.6) is 0 Å². The lowest BCUT2D eigenvalue weighted by Crippen LogP contribution is -2.39. The molecule has 0 fully saturated rings. The molecule has 4 rings (SSSR count). The number of rotatable bonds is 2. The van der Waals surface area contributed by atoms with Gasteiger partial charge < -0.3 is 9.13 Å². The van der Waals surface area contributed by atoms with Crippen LogP contribution in [0.25, 0.3) is 11.0 Å². The molecule has 0 N–H and O–H groups in total. The van der Waals surface area contributed by atoms with Gasteiger partial charge in [-0.3, -0.25) is 9.59 Å². The highest BCUT2D eigenvalue weighted by Crippen LogP contribution is 2.26. The average Bonchev–Trinajstić information content (AvgIpc) is 2.69. The second-order valence-corrected chi connectivity index (χ2v) is 8.67. The second kappa shape index (κ2) is 6.17. The molecule has 0 unspecified atom stereocenters. The molecule has 8 heteroatoms. The van der Waals surface area contributed by atoms with Gasteiger partial charge in [-0.05, 0) is 35.7 Å². The van der Waals surface area contributed by atoms with Crippen molar-refractivity contribution in [2.24, 2.45) is 14.1 Å². The van der Waals surface area contributed by atoms with Gasteiger partial charge in [-0.25, -0.2) is 8.42 Å². The number of hydrogen-bond acceptors (Lipinski definition) is 4. The van der Waals surface area contributed by atoms with Crippen molar-refractivity contribution in [1.82, 2.24) is 13.4 Å². The molecule has 0 bridgehead atoms. The Morgan fingerprint density at radius 1 is 0.852 bits per heavy atom. The van der Waals surface area contributed by atoms with E-state index < -0.39 is 21.1 Å². The third-order valence-electron chi connectivity index (χ3n) is 5.20. The molecule has 1 aromatic heterocycles. The number of fused-ring (bicyclic) bond motifs is 2. The molecule has 0 radical (unpaired) electrons. The third-order valence-corrected chi connectivity index (χ3v) is 7.04. The summed E-state index contributed by atoms with van der Waals surface area (Å²) in [6.45, 7) is 0.729. The minimum absolute atomic E-state index is 0.114. The van der Waals surface area contributed by atoms with Crippen LogP contribution < -0.4 is 11.1 Å². The van der Waals surface area contributed by atoms with Gasteiger partial charge in [0.1, 0.15) is 0 Å². The number of benzene rings is 2. The summed E-state index contributed by atoms with van der Waals surface area (Å²) in [5, 5.41) is 0. The Kier molecular flexibility index (Phi) is 4.05. The first-order valence-electron chi connectivity index (χ1n) is 8.57. The molecule has 0 saturated carbocycles. The smallest absolute Gasteiger partial charge is 0.305 e. The van der Waals surface area contributed by atoms with Gasteiger partial charge in [0.2, 0.25) is 10.0 Å². The summed E-state index contributed by atoms with van der Waals surface area (Å²) >= 11 is 0. The van der Waals surface area contributed by atoms with Crippen LogP contribution >= 0.6 is 0 Å². The number of sulfonamides is 1. The van der Waals surface area contributed by atoms with E-state index in [4.69, 9.17) is 0 Å². The van der Waals surface area contributed by atoms with Crippen LogP contribution in [0.2, 0.25) is 0 Å². The van der Waals surface area contributed by atoms with E-state index in [-0.39, 0.29) is 4.90 Å². The Hall–Kier alpha value is -2.71. The van der Waals surface area contributed by atoms with Crippen LogP contribution in [-0.2, 0) is 37.1 Å². The van der Waals surface area contributed by atoms with Gasteiger partial charge in [0.15, 0.2) is 0 Å². The first kappa shape index (κ1) is 17.7. The van der Waals surface area contributed by atoms with Gasteiger partial charge in [0.25, 0.3) is 0 Å². The molecule has 0 atom stereocenters. The SMILES string of the molecule is Cn1c(=O)c(=O)n(C)c2cc(S(=O)(=O)N3CCc4ccccc4C3)ccc21. The van der Waals surface area contributed by atoms with Gasteiger partial charge in [-0.1, -0.05) is 24.3 Å². The maximum atomic E-state index is 13.2. The van der Waals surface area contributed by atoms with E-state index in [2.05, 4.69) is 0 Å². The van der Waals surface area contributed by atoms with Gasteiger partial charge >= 0.3 is 11.1 Å². The van der Waals surface area contributed by atoms with E-state index in [0.29, 0.717) is 30.5 Å². The molecular weight excluding hydrogens is 366 g/mol. The fourth-order valence-electron chi connectivity index (χ4n) is 3.55. The van der Waals surface area contributed by atoms with Gasteiger partial charge in [0.05, 0.1) is 15.9 Å². The lowest BCUT2D eigenvalue weighted by molar-refractivity contribution is 0.391. The fourth-order valence-corrected chi connectivity index (χ4v) is 4.99. The zero-order valence-corrected chi connectivity index (χ0v) is 15.9. The highest BCUT2D eigenvalue weighted by Gasteiger charge is 2.28. The van der Waals surface area contributed by atoms with Crippen LogP contribution in [0.4, 0.5) is 0 Å². The monoisotopic (exact) mass is 385 g/mol. The van der Waals surface area contributed by atoms with Crippen LogP contribution in [-0.4, -0.2) is 28.4 Å². The molecule has 7 nitrogen and oxygen atoms in total. The first-order valence-corrected chi connectivity index (χ1v) is 10.0. The predicted molar refractivity (Wildman–Crippen MR) is 102 cm³/mol. The highest BCUT2D eigenvalue weighted by atomic mass is 32.2. The average molecular weight is 385 g/mol. The van der Waals surface area contributed by atoms with Crippen LogP contribution in [0.3, 0.4) is 0 Å². The molecule has 1 aliphatic heterocycles. The van der Waals surface area contributed by atoms with E-state index in [1.807, 2.05) is 24.3 Å². The lowest BCUT2D eigenvalue weighted by atomic mass is 10.0. The third kappa shape index (κ3) is 2.72. The molecule has 0 aliphatic carbocycles. The topological polar surface area (TPSA) is 81.4 Å². The number of aryl methyl sites for hydroxylation is 2. The Balaban J connectivity index is 1.82. The molecule has 0 amide bonds. The summed E-state index contributed by atoms with van der Waals surface area (Å²) in [6.07, 6.45) is 0.663. The van der Waals surface area contributed by atoms with Gasteiger partial charge in [-0.2, -0.15) is 4.31 Å². The zero-order chi connectivity index (χ0) is 19.3. The molecule has 27 heavy (non-hydrogen) atoms. The Labute approximate surface area is 156 Å². The summed E-state index contributed by atoms with van der Waals surface area (Å²) in [7, 11) is -0.745. The van der Waals surface area contributed by atoms with Crippen molar-refractivity contribution in [3.8, 4) is 0 Å². The molecule has 3 aromatic rings. The van der Waals surface area contributed by atoms with Crippen molar-refractivity contribution in [2.45, 2.75) is 17.9 Å². The maximum Gasteiger partial charge on any atom is 0.316 e. The van der Waals surface area contributed by atoms with Crippen molar-refractivity contribution in [1.29, 1.82) is 0 Å². The molecular formula is C19H19N3O4S. The minimum Gasteiger partial charge on any atom is -0.305 e. The quantitative estimate of drug-likeness (QED) is 0.616. The van der Waals surface area contributed by atoms with Crippen molar-refractivity contribution >= 4 is 21.1 Å². The Morgan fingerprint density at radius 3 is 2.19 bits per heavy atom. The summed E-state index contributed by atoms with van der Waals surface area (Å²) in [5.41, 5.74) is 1.74. The molecule has 2 heterocycles. The number of hydrogen-bond donors (Lipinski definition) is 0. The van der Waals surface area contributed by atoms with E-state index in [1.54, 1.807) is 6.07 Å². The second-order valence-electron chi connectivity index (χ2n) is 6.74. The summed E-state index contributed by atoms with van der Waals surface area (Å²) in [4.78, 5) is 24.1. The van der Waals surface area contributed by atoms with Crippen LogP contribution in [0.15, 0.2) is 56.9 Å². The van der Waals surface area contributed by atoms with E-state index >= 15 is 0 Å². The summed E-state index contributed by atoms with van der Waals surface area (Å²) in [6, 6.07) is 12.3. The standard InChI is InChI=1S/C19H19N3O4S/c1-20-16-8-7-15(11-17(16)21(2)19(24)18(20)23)27(25,26)22-10-9-13-5-3-4-6-14(13)12-22/h3-8,11H,9-10,12H2,1-2H3. The van der Waals surface area contributed by atoms with Crippen LogP contribution in [0, 0.1) is 0 Å². The largest absolute Gasteiger partial charge is 0.316 e. The molecule has 140 valence electrons. The van der Waals surface area contributed by atoms with E-state index in [1.165, 1.54) is 45.2 Å². The predicted octanol–water partition coefficient (Wildman–Crippen LogP) is 0.984. The number of aromatic nitrogens is 2. The highest BCUT2D eigenvalue weighted by molar-refractivity contribution is 7.89. The maximum absolute atomic E-state index is 13.2. The summed E-state index contributed by atoms with van der Waals surface area (Å²) in [5.74, 6) is 0. The molecule has 0 saturated heterocycles. The van der Waals surface area contributed by atoms with Gasteiger partial charge in [0, 0.05) is 27.2 Å². The van der Waals surface area contributed by atoms with E-state index in [9.17, 15) is 18.0 Å². The summed E-state index contributed by atoms with van der Waals surface area (Å²) < 4.78 is 30.2. The van der Waals surface area contributed by atoms with Crippen LogP contribution in [0.1, 0.15) is 11.1 Å².